The first-order valence-corrected chi connectivity index (χ1v) is 40.2. The van der Waals surface area contributed by atoms with E-state index in [4.69, 9.17) is 32.3 Å². The van der Waals surface area contributed by atoms with Crippen LogP contribution in [0, 0.1) is 0 Å². The summed E-state index contributed by atoms with van der Waals surface area (Å²) in [7, 11) is -9.78. The summed E-state index contributed by atoms with van der Waals surface area (Å²) in [6.45, 7) is 2.52. The summed E-state index contributed by atoms with van der Waals surface area (Å²) in [4.78, 5) is 58.5. The first-order chi connectivity index (χ1) is 46.2. The van der Waals surface area contributed by atoms with E-state index in [0.717, 1.165) is 154 Å². The van der Waals surface area contributed by atoms with Crippen molar-refractivity contribution in [1.29, 1.82) is 0 Å². The number of phosphoric ester groups is 2. The minimum atomic E-state index is -4.93. The maximum absolute atomic E-state index is 12.9. The van der Waals surface area contributed by atoms with E-state index in [-0.39, 0.29) is 19.3 Å². The number of carbonyl (C=O) groups is 3. The second kappa shape index (κ2) is 70.1. The van der Waals surface area contributed by atoms with Gasteiger partial charge in [0.15, 0.2) is 6.10 Å². The highest BCUT2D eigenvalue weighted by Crippen LogP contribution is 2.45. The van der Waals surface area contributed by atoms with Crippen molar-refractivity contribution >= 4 is 33.6 Å². The number of ether oxygens (including phenoxy) is 3. The van der Waals surface area contributed by atoms with Crippen molar-refractivity contribution in [3.8, 4) is 0 Å². The van der Waals surface area contributed by atoms with Crippen molar-refractivity contribution in [3.05, 3.63) is 109 Å². The molecule has 0 aliphatic carbocycles. The van der Waals surface area contributed by atoms with Gasteiger partial charge in [-0.3, -0.25) is 32.5 Å². The van der Waals surface area contributed by atoms with Crippen molar-refractivity contribution in [2.75, 3.05) is 39.6 Å². The van der Waals surface area contributed by atoms with Gasteiger partial charge in [-0.2, -0.15) is 0 Å². The van der Waals surface area contributed by atoms with Crippen molar-refractivity contribution in [3.63, 3.8) is 0 Å². The second-order valence-electron chi connectivity index (χ2n) is 24.7. The maximum Gasteiger partial charge on any atom is 0.472 e. The van der Waals surface area contributed by atoms with Crippen LogP contribution in [0.5, 0.6) is 0 Å². The zero-order valence-corrected chi connectivity index (χ0v) is 61.4. The van der Waals surface area contributed by atoms with Crippen LogP contribution >= 0.6 is 15.6 Å². The van der Waals surface area contributed by atoms with Gasteiger partial charge in [0.05, 0.1) is 26.4 Å². The lowest BCUT2D eigenvalue weighted by Gasteiger charge is -2.21. The lowest BCUT2D eigenvalue weighted by molar-refractivity contribution is -0.161. The highest BCUT2D eigenvalue weighted by Gasteiger charge is 2.29. The van der Waals surface area contributed by atoms with Crippen LogP contribution in [0.4, 0.5) is 0 Å². The monoisotopic (exact) mass is 1380 g/mol. The van der Waals surface area contributed by atoms with E-state index < -0.39 is 91.5 Å². The van der Waals surface area contributed by atoms with Crippen LogP contribution in [0.15, 0.2) is 109 Å². The molecule has 0 spiro atoms. The molecular weight excluding hydrogens is 1240 g/mol. The largest absolute Gasteiger partial charge is 0.472 e. The van der Waals surface area contributed by atoms with Gasteiger partial charge >= 0.3 is 33.6 Å². The molecule has 0 saturated carbocycles. The van der Waals surface area contributed by atoms with E-state index in [1.54, 1.807) is 0 Å². The summed E-state index contributed by atoms with van der Waals surface area (Å²) in [5.74, 6) is -1.59. The molecule has 0 rings (SSSR count). The summed E-state index contributed by atoms with van der Waals surface area (Å²) in [6, 6.07) is 0. The number of unbranched alkanes of at least 4 members (excludes halogenated alkanes) is 29. The third kappa shape index (κ3) is 71.3. The molecule has 0 fully saturated rings. The molecular formula is C77H134O16P2. The second-order valence-corrected chi connectivity index (χ2v) is 27.6. The standard InChI is InChI=1S/C77H134O16P2/c1-4-7-10-13-16-19-22-24-26-28-30-32-34-35-37-39-40-42-44-46-49-51-54-57-60-63-75(80)87-66-72(78)67-89-94(83,84)90-68-73(79)69-91-95(85,86)92-71-74(93-77(82)65-62-59-56-53-48-21-18-15-12-9-6-3)70-88-76(81)64-61-58-55-52-50-47-45-43-41-38-36-33-31-29-27-25-23-20-17-14-11-8-5-2/h8,11,16-17,19-20,24-27,30-33,35,37-38,41,72-74,78-79H,4-7,9-10,12-15,18,21-23,28-29,34,36,39-40,42-71H2,1-3H3,(H,83,84)(H,85,86)/b11-8-,19-16-,20-17-,26-24-,27-25-,32-30-,33-31-,37-35-,41-38-. The number of carbonyl (C=O) groups excluding carboxylic acids is 3. The lowest BCUT2D eigenvalue weighted by atomic mass is 10.1. The zero-order chi connectivity index (χ0) is 69.5. The molecule has 0 aromatic heterocycles. The highest BCUT2D eigenvalue weighted by molar-refractivity contribution is 7.47. The Morgan fingerprint density at radius 3 is 0.905 bits per heavy atom. The first-order valence-electron chi connectivity index (χ1n) is 37.2. The smallest absolute Gasteiger partial charge is 0.463 e. The van der Waals surface area contributed by atoms with Crippen LogP contribution in [0.3, 0.4) is 0 Å². The van der Waals surface area contributed by atoms with Gasteiger partial charge in [0.25, 0.3) is 0 Å². The van der Waals surface area contributed by atoms with Crippen LogP contribution in [-0.4, -0.2) is 95.9 Å². The number of hydrogen-bond donors (Lipinski definition) is 4. The Hall–Kier alpha value is -3.79. The van der Waals surface area contributed by atoms with Crippen LogP contribution in [0.1, 0.15) is 303 Å². The predicted octanol–water partition coefficient (Wildman–Crippen LogP) is 21.2. The molecule has 0 aromatic carbocycles. The van der Waals surface area contributed by atoms with Gasteiger partial charge in [-0.15, -0.1) is 0 Å². The Bertz CT molecular complexity index is 2170. The minimum Gasteiger partial charge on any atom is -0.463 e. The number of esters is 3. The van der Waals surface area contributed by atoms with Crippen LogP contribution < -0.4 is 0 Å². The summed E-state index contributed by atoms with van der Waals surface area (Å²) in [5, 5.41) is 20.6. The van der Waals surface area contributed by atoms with E-state index >= 15 is 0 Å². The third-order valence-electron chi connectivity index (χ3n) is 15.5. The molecule has 16 nitrogen and oxygen atoms in total. The average molecular weight is 1380 g/mol. The van der Waals surface area contributed by atoms with Gasteiger partial charge in [-0.05, 0) is 109 Å². The fourth-order valence-electron chi connectivity index (χ4n) is 9.82. The Morgan fingerprint density at radius 1 is 0.305 bits per heavy atom. The van der Waals surface area contributed by atoms with Crippen molar-refractivity contribution in [1.82, 2.24) is 0 Å². The lowest BCUT2D eigenvalue weighted by Crippen LogP contribution is -2.30. The topological polar surface area (TPSA) is 231 Å². The molecule has 95 heavy (non-hydrogen) atoms. The third-order valence-corrected chi connectivity index (χ3v) is 17.4. The van der Waals surface area contributed by atoms with Gasteiger partial charge < -0.3 is 34.2 Å². The molecule has 0 radical (unpaired) electrons. The first kappa shape index (κ1) is 91.2. The molecule has 0 aliphatic rings. The summed E-state index contributed by atoms with van der Waals surface area (Å²) < 4.78 is 61.0. The van der Waals surface area contributed by atoms with Gasteiger partial charge in [0.2, 0.25) is 0 Å². The number of phosphoric acid groups is 2. The molecule has 0 heterocycles. The van der Waals surface area contributed by atoms with Crippen LogP contribution in [-0.2, 0) is 55.8 Å². The molecule has 0 bridgehead atoms. The Balaban J connectivity index is 4.53. The van der Waals surface area contributed by atoms with Crippen LogP contribution in [0.25, 0.3) is 0 Å². The van der Waals surface area contributed by atoms with Gasteiger partial charge in [-0.25, -0.2) is 9.13 Å². The molecule has 548 valence electrons. The molecule has 0 aliphatic heterocycles. The molecule has 0 saturated heterocycles. The molecule has 0 aromatic rings. The van der Waals surface area contributed by atoms with E-state index in [1.165, 1.54) is 89.9 Å². The van der Waals surface area contributed by atoms with E-state index in [1.807, 2.05) is 0 Å². The predicted molar refractivity (Wildman–Crippen MR) is 390 cm³/mol. The number of allylic oxidation sites excluding steroid dienone is 18. The van der Waals surface area contributed by atoms with E-state index in [9.17, 15) is 43.5 Å². The highest BCUT2D eigenvalue weighted by atomic mass is 31.2. The number of aliphatic hydroxyl groups excluding tert-OH is 2. The van der Waals surface area contributed by atoms with E-state index in [0.29, 0.717) is 19.3 Å². The minimum absolute atomic E-state index is 0.103. The molecule has 5 unspecified atom stereocenters. The summed E-state index contributed by atoms with van der Waals surface area (Å²) >= 11 is 0. The summed E-state index contributed by atoms with van der Waals surface area (Å²) in [5.41, 5.74) is 0. The number of aliphatic hydroxyl groups is 2. The fourth-order valence-corrected chi connectivity index (χ4v) is 11.4. The SMILES string of the molecule is CC/C=C\C/C=C\C/C=C\C/C=C\C/C=C\CCCCCCCCCC(=O)OCC(COP(=O)(O)OCC(O)COP(=O)(O)OCC(O)COC(=O)CCCCCCCCCCC/C=C\C/C=C\C/C=C\C/C=C\CCCCC)OC(=O)CCCCCCCCCCCCC. The van der Waals surface area contributed by atoms with E-state index in [2.05, 4.69) is 130 Å². The molecule has 5 atom stereocenters. The summed E-state index contributed by atoms with van der Waals surface area (Å²) in [6.07, 6.45) is 80.0. The quantitative estimate of drug-likeness (QED) is 0.0146. The molecule has 18 heteroatoms. The van der Waals surface area contributed by atoms with Crippen molar-refractivity contribution in [2.45, 2.75) is 322 Å². The maximum atomic E-state index is 12.9. The molecule has 4 N–H and O–H groups in total. The van der Waals surface area contributed by atoms with Gasteiger partial charge in [-0.1, -0.05) is 284 Å². The van der Waals surface area contributed by atoms with Gasteiger partial charge in [0.1, 0.15) is 25.4 Å². The Morgan fingerprint density at radius 2 is 0.558 bits per heavy atom. The van der Waals surface area contributed by atoms with Crippen molar-refractivity contribution < 1.29 is 75.8 Å². The number of hydrogen-bond acceptors (Lipinski definition) is 14. The van der Waals surface area contributed by atoms with Crippen molar-refractivity contribution in [2.24, 2.45) is 0 Å². The zero-order valence-electron chi connectivity index (χ0n) is 59.6. The Labute approximate surface area is 577 Å². The normalized spacial score (nSPS) is 14.7. The Kier molecular flexibility index (Phi) is 67.3. The number of rotatable bonds is 70. The van der Waals surface area contributed by atoms with Gasteiger partial charge in [0, 0.05) is 19.3 Å². The average Bonchev–Trinajstić information content (AvgIpc) is 3.72. The molecule has 0 amide bonds. The fraction of sp³-hybridized carbons (Fsp3) is 0.727. The van der Waals surface area contributed by atoms with Crippen LogP contribution in [0.2, 0.25) is 0 Å².